The number of rotatable bonds is 4. The van der Waals surface area contributed by atoms with Crippen LogP contribution in [0.15, 0.2) is 41.4 Å². The van der Waals surface area contributed by atoms with Crippen LogP contribution in [0.25, 0.3) is 6.08 Å². The first-order valence-electron chi connectivity index (χ1n) is 5.23. The first-order valence-corrected chi connectivity index (χ1v) is 5.23. The predicted octanol–water partition coefficient (Wildman–Crippen LogP) is 1.42. The molecule has 2 aromatic heterocycles. The van der Waals surface area contributed by atoms with Crippen LogP contribution in [0.2, 0.25) is 0 Å². The van der Waals surface area contributed by atoms with Crippen molar-refractivity contribution in [2.24, 2.45) is 0 Å². The van der Waals surface area contributed by atoms with E-state index in [0.717, 1.165) is 6.08 Å². The number of amides is 1. The molecule has 7 heteroatoms. The normalized spacial score (nSPS) is 10.5. The Morgan fingerprint density at radius 1 is 1.37 bits per heavy atom. The number of hydrogen-bond donors (Lipinski definition) is 2. The van der Waals surface area contributed by atoms with E-state index in [1.165, 1.54) is 36.9 Å². The second-order valence-corrected chi connectivity index (χ2v) is 3.52. The lowest BCUT2D eigenvalue weighted by Crippen LogP contribution is -2.12. The summed E-state index contributed by atoms with van der Waals surface area (Å²) >= 11 is 0. The molecule has 0 aromatic carbocycles. The maximum Gasteiger partial charge on any atom is 0.328 e. The molecule has 96 valence electrons. The third-order valence-electron chi connectivity index (χ3n) is 2.12. The molecule has 0 bridgehead atoms. The Bertz CT molecular complexity index is 620. The van der Waals surface area contributed by atoms with Crippen molar-refractivity contribution in [1.29, 1.82) is 0 Å². The Balaban J connectivity index is 2.14. The number of nitrogens with one attached hydrogen (secondary N) is 1. The molecular weight excluding hydrogens is 250 g/mol. The lowest BCUT2D eigenvalue weighted by atomic mass is 10.2. The van der Waals surface area contributed by atoms with Crippen molar-refractivity contribution in [3.05, 3.63) is 48.0 Å². The summed E-state index contributed by atoms with van der Waals surface area (Å²) in [6.07, 6.45) is 6.47. The number of aromatic nitrogens is 2. The van der Waals surface area contributed by atoms with E-state index in [1.807, 2.05) is 0 Å². The Kier molecular flexibility index (Phi) is 3.67. The standard InChI is InChI=1S/C12H9N3O4/c16-11(17)2-1-8-5-9(7-13-6-8)12(18)14-10-3-4-19-15-10/h1-7H,(H,16,17)(H,14,15,18). The van der Waals surface area contributed by atoms with E-state index in [4.69, 9.17) is 5.11 Å². The van der Waals surface area contributed by atoms with E-state index in [1.54, 1.807) is 0 Å². The van der Waals surface area contributed by atoms with Crippen LogP contribution in [-0.2, 0) is 4.79 Å². The summed E-state index contributed by atoms with van der Waals surface area (Å²) in [7, 11) is 0. The Morgan fingerprint density at radius 2 is 2.21 bits per heavy atom. The van der Waals surface area contributed by atoms with Gasteiger partial charge in [-0.2, -0.15) is 0 Å². The lowest BCUT2D eigenvalue weighted by Gasteiger charge is -2.01. The summed E-state index contributed by atoms with van der Waals surface area (Å²) in [4.78, 5) is 26.1. The number of anilines is 1. The molecule has 0 atom stereocenters. The van der Waals surface area contributed by atoms with Gasteiger partial charge in [0.05, 0.1) is 5.56 Å². The number of carbonyl (C=O) groups excluding carboxylic acids is 1. The zero-order valence-corrected chi connectivity index (χ0v) is 9.61. The lowest BCUT2D eigenvalue weighted by molar-refractivity contribution is -0.131. The minimum absolute atomic E-state index is 0.288. The highest BCUT2D eigenvalue weighted by atomic mass is 16.5. The molecule has 0 aliphatic rings. The molecule has 0 aliphatic heterocycles. The van der Waals surface area contributed by atoms with Crippen LogP contribution in [0.4, 0.5) is 5.82 Å². The van der Waals surface area contributed by atoms with E-state index < -0.39 is 11.9 Å². The molecule has 1 amide bonds. The molecule has 19 heavy (non-hydrogen) atoms. The number of hydrogen-bond acceptors (Lipinski definition) is 5. The molecule has 7 nitrogen and oxygen atoms in total. The minimum Gasteiger partial charge on any atom is -0.478 e. The Hall–Kier alpha value is -2.96. The van der Waals surface area contributed by atoms with Gasteiger partial charge in [0.15, 0.2) is 5.82 Å². The number of pyridine rings is 1. The fourth-order valence-electron chi connectivity index (χ4n) is 1.31. The van der Waals surface area contributed by atoms with Crippen molar-refractivity contribution in [3.8, 4) is 0 Å². The minimum atomic E-state index is -1.07. The third-order valence-corrected chi connectivity index (χ3v) is 2.12. The SMILES string of the molecule is O=C(O)C=Cc1cncc(C(=O)Nc2ccon2)c1. The maximum absolute atomic E-state index is 11.8. The molecule has 2 aromatic rings. The molecule has 0 saturated heterocycles. The van der Waals surface area contributed by atoms with Crippen molar-refractivity contribution in [1.82, 2.24) is 10.1 Å². The van der Waals surface area contributed by atoms with Gasteiger partial charge in [0.2, 0.25) is 0 Å². The maximum atomic E-state index is 11.8. The first-order chi connectivity index (χ1) is 9.15. The van der Waals surface area contributed by atoms with E-state index in [-0.39, 0.29) is 11.4 Å². The van der Waals surface area contributed by atoms with Gasteiger partial charge in [-0.1, -0.05) is 5.16 Å². The molecule has 2 heterocycles. The second kappa shape index (κ2) is 5.58. The van der Waals surface area contributed by atoms with Crippen LogP contribution in [0.1, 0.15) is 15.9 Å². The third kappa shape index (κ3) is 3.50. The average Bonchev–Trinajstić information content (AvgIpc) is 2.89. The topological polar surface area (TPSA) is 105 Å². The van der Waals surface area contributed by atoms with E-state index >= 15 is 0 Å². The van der Waals surface area contributed by atoms with E-state index in [2.05, 4.69) is 20.0 Å². The second-order valence-electron chi connectivity index (χ2n) is 3.52. The number of carbonyl (C=O) groups is 2. The van der Waals surface area contributed by atoms with Gasteiger partial charge in [-0.05, 0) is 17.7 Å². The average molecular weight is 259 g/mol. The quantitative estimate of drug-likeness (QED) is 0.804. The number of nitrogens with zero attached hydrogens (tertiary/aromatic N) is 2. The summed E-state index contributed by atoms with van der Waals surface area (Å²) in [6.45, 7) is 0. The van der Waals surface area contributed by atoms with Gasteiger partial charge in [-0.3, -0.25) is 9.78 Å². The first kappa shape index (κ1) is 12.5. The van der Waals surface area contributed by atoms with Crippen LogP contribution in [0.3, 0.4) is 0 Å². The fourth-order valence-corrected chi connectivity index (χ4v) is 1.31. The number of aliphatic carboxylic acids is 1. The van der Waals surface area contributed by atoms with Crippen LogP contribution >= 0.6 is 0 Å². The zero-order valence-electron chi connectivity index (χ0n) is 9.61. The largest absolute Gasteiger partial charge is 0.478 e. The highest BCUT2D eigenvalue weighted by Crippen LogP contribution is 2.08. The summed E-state index contributed by atoms with van der Waals surface area (Å²) in [5.41, 5.74) is 0.797. The van der Waals surface area contributed by atoms with Crippen molar-refractivity contribution in [2.45, 2.75) is 0 Å². The van der Waals surface area contributed by atoms with Gasteiger partial charge in [-0.25, -0.2) is 4.79 Å². The molecule has 0 saturated carbocycles. The number of carboxylic acids is 1. The molecule has 0 aliphatic carbocycles. The van der Waals surface area contributed by atoms with Gasteiger partial charge >= 0.3 is 5.97 Å². The molecule has 0 radical (unpaired) electrons. The van der Waals surface area contributed by atoms with Crippen LogP contribution in [0.5, 0.6) is 0 Å². The summed E-state index contributed by atoms with van der Waals surface area (Å²) in [5.74, 6) is -1.19. The number of carboxylic acid groups (broad SMARTS) is 1. The predicted molar refractivity (Wildman–Crippen MR) is 65.4 cm³/mol. The van der Waals surface area contributed by atoms with Crippen LogP contribution < -0.4 is 5.32 Å². The van der Waals surface area contributed by atoms with Gasteiger partial charge in [0.1, 0.15) is 6.26 Å². The molecule has 0 fully saturated rings. The highest BCUT2D eigenvalue weighted by molar-refractivity contribution is 6.03. The summed E-state index contributed by atoms with van der Waals surface area (Å²) in [5, 5.41) is 14.6. The Labute approximate surface area is 107 Å². The van der Waals surface area contributed by atoms with Crippen molar-refractivity contribution in [3.63, 3.8) is 0 Å². The van der Waals surface area contributed by atoms with E-state index in [9.17, 15) is 9.59 Å². The fraction of sp³-hybridized carbons (Fsp3) is 0. The molecular formula is C12H9N3O4. The van der Waals surface area contributed by atoms with Crippen molar-refractivity contribution in [2.75, 3.05) is 5.32 Å². The van der Waals surface area contributed by atoms with Gasteiger partial charge in [0, 0.05) is 24.5 Å². The van der Waals surface area contributed by atoms with E-state index in [0.29, 0.717) is 5.56 Å². The molecule has 0 spiro atoms. The van der Waals surface area contributed by atoms with Crippen molar-refractivity contribution >= 4 is 23.8 Å². The van der Waals surface area contributed by atoms with Gasteiger partial charge in [0.25, 0.3) is 5.91 Å². The van der Waals surface area contributed by atoms with Crippen molar-refractivity contribution < 1.29 is 19.2 Å². The monoisotopic (exact) mass is 259 g/mol. The molecule has 0 unspecified atom stereocenters. The Morgan fingerprint density at radius 3 is 2.89 bits per heavy atom. The van der Waals surface area contributed by atoms with Crippen LogP contribution in [-0.4, -0.2) is 27.1 Å². The molecule has 2 N–H and O–H groups in total. The van der Waals surface area contributed by atoms with Crippen LogP contribution in [0, 0.1) is 0 Å². The highest BCUT2D eigenvalue weighted by Gasteiger charge is 2.08. The molecule has 2 rings (SSSR count). The zero-order chi connectivity index (χ0) is 13.7. The summed E-state index contributed by atoms with van der Waals surface area (Å²) < 4.78 is 4.58. The van der Waals surface area contributed by atoms with Gasteiger partial charge in [-0.15, -0.1) is 0 Å². The summed E-state index contributed by atoms with van der Waals surface area (Å²) in [6, 6.07) is 3.02. The smallest absolute Gasteiger partial charge is 0.328 e. The van der Waals surface area contributed by atoms with Gasteiger partial charge < -0.3 is 14.9 Å².